The van der Waals surface area contributed by atoms with Crippen LogP contribution < -0.4 is 11.2 Å². The van der Waals surface area contributed by atoms with Gasteiger partial charge in [-0.2, -0.15) is 0 Å². The first-order valence-electron chi connectivity index (χ1n) is 7.11. The molecule has 20 heavy (non-hydrogen) atoms. The molecule has 1 fully saturated rings. The first-order chi connectivity index (χ1) is 9.50. The standard InChI is InChI=1S/C14H21ClN2O3/c1-9(2)11-12(15)16-14(19)17(13(11)18)6-3-7-20-8-10-4-5-10/h9-10H,3-8H2,1-2H3,(H,16,19). The summed E-state index contributed by atoms with van der Waals surface area (Å²) in [5, 5.41) is 0.149. The van der Waals surface area contributed by atoms with E-state index in [-0.39, 0.29) is 16.6 Å². The average Bonchev–Trinajstić information content (AvgIpc) is 3.15. The average molecular weight is 301 g/mol. The van der Waals surface area contributed by atoms with Gasteiger partial charge in [-0.25, -0.2) is 4.79 Å². The number of ether oxygens (including phenoxy) is 1. The van der Waals surface area contributed by atoms with Crippen molar-refractivity contribution in [3.63, 3.8) is 0 Å². The van der Waals surface area contributed by atoms with Crippen molar-refractivity contribution in [2.45, 2.75) is 45.6 Å². The van der Waals surface area contributed by atoms with E-state index in [0.29, 0.717) is 25.1 Å². The number of hydrogen-bond donors (Lipinski definition) is 1. The Morgan fingerprint density at radius 3 is 2.70 bits per heavy atom. The SMILES string of the molecule is CC(C)c1c(Cl)[nH]c(=O)n(CCCOCC2CC2)c1=O. The number of nitrogens with zero attached hydrogens (tertiary/aromatic N) is 1. The molecule has 0 aromatic carbocycles. The lowest BCUT2D eigenvalue weighted by atomic mass is 10.1. The van der Waals surface area contributed by atoms with Crippen molar-refractivity contribution >= 4 is 11.6 Å². The molecule has 1 aliphatic rings. The van der Waals surface area contributed by atoms with Crippen molar-refractivity contribution in [2.75, 3.05) is 13.2 Å². The Morgan fingerprint density at radius 2 is 2.10 bits per heavy atom. The number of halogens is 1. The topological polar surface area (TPSA) is 64.1 Å². The molecule has 1 aliphatic carbocycles. The van der Waals surface area contributed by atoms with Crippen LogP contribution in [0, 0.1) is 5.92 Å². The molecule has 0 spiro atoms. The van der Waals surface area contributed by atoms with Crippen LogP contribution in [0.1, 0.15) is 44.6 Å². The van der Waals surface area contributed by atoms with E-state index in [9.17, 15) is 9.59 Å². The number of aromatic nitrogens is 2. The fourth-order valence-corrected chi connectivity index (χ4v) is 2.50. The highest BCUT2D eigenvalue weighted by Crippen LogP contribution is 2.28. The molecule has 1 heterocycles. The number of H-pyrrole nitrogens is 1. The smallest absolute Gasteiger partial charge is 0.329 e. The van der Waals surface area contributed by atoms with Crippen LogP contribution in [0.25, 0.3) is 0 Å². The van der Waals surface area contributed by atoms with Gasteiger partial charge in [-0.1, -0.05) is 25.4 Å². The molecular weight excluding hydrogens is 280 g/mol. The number of aromatic amines is 1. The van der Waals surface area contributed by atoms with Crippen molar-refractivity contribution in [1.82, 2.24) is 9.55 Å². The number of nitrogens with one attached hydrogen (secondary N) is 1. The molecule has 0 saturated heterocycles. The largest absolute Gasteiger partial charge is 0.381 e. The van der Waals surface area contributed by atoms with Gasteiger partial charge in [0.2, 0.25) is 0 Å². The van der Waals surface area contributed by atoms with Crippen molar-refractivity contribution in [3.8, 4) is 0 Å². The third-order valence-electron chi connectivity index (χ3n) is 3.47. The Morgan fingerprint density at radius 1 is 1.40 bits per heavy atom. The third-order valence-corrected chi connectivity index (χ3v) is 3.77. The summed E-state index contributed by atoms with van der Waals surface area (Å²) in [4.78, 5) is 26.6. The van der Waals surface area contributed by atoms with Gasteiger partial charge < -0.3 is 4.74 Å². The molecule has 0 radical (unpaired) electrons. The Kier molecular flexibility index (Phi) is 5.05. The summed E-state index contributed by atoms with van der Waals surface area (Å²) >= 11 is 5.93. The molecule has 2 rings (SSSR count). The lowest BCUT2D eigenvalue weighted by molar-refractivity contribution is 0.119. The summed E-state index contributed by atoms with van der Waals surface area (Å²) in [6.07, 6.45) is 3.16. The van der Waals surface area contributed by atoms with E-state index in [2.05, 4.69) is 4.98 Å². The van der Waals surface area contributed by atoms with Crippen LogP contribution in [0.3, 0.4) is 0 Å². The van der Waals surface area contributed by atoms with Crippen LogP contribution in [-0.2, 0) is 11.3 Å². The summed E-state index contributed by atoms with van der Waals surface area (Å²) < 4.78 is 6.72. The second kappa shape index (κ2) is 6.59. The maximum absolute atomic E-state index is 12.3. The van der Waals surface area contributed by atoms with Gasteiger partial charge in [0.1, 0.15) is 5.15 Å². The Bertz CT molecular complexity index is 573. The monoisotopic (exact) mass is 300 g/mol. The Balaban J connectivity index is 2.00. The molecule has 0 atom stereocenters. The molecule has 1 saturated carbocycles. The summed E-state index contributed by atoms with van der Waals surface area (Å²) in [7, 11) is 0. The molecule has 6 heteroatoms. The molecule has 1 aromatic rings. The van der Waals surface area contributed by atoms with Gasteiger partial charge in [-0.3, -0.25) is 14.3 Å². The zero-order valence-electron chi connectivity index (χ0n) is 11.9. The molecule has 1 N–H and O–H groups in total. The molecule has 0 aliphatic heterocycles. The van der Waals surface area contributed by atoms with E-state index in [1.54, 1.807) is 0 Å². The zero-order chi connectivity index (χ0) is 14.7. The maximum atomic E-state index is 12.3. The minimum absolute atomic E-state index is 0.0239. The van der Waals surface area contributed by atoms with Crippen molar-refractivity contribution in [3.05, 3.63) is 31.6 Å². The number of rotatable bonds is 7. The zero-order valence-corrected chi connectivity index (χ0v) is 12.7. The van der Waals surface area contributed by atoms with Crippen LogP contribution in [0.4, 0.5) is 0 Å². The predicted octanol–water partition coefficient (Wildman–Crippen LogP) is 2.13. The van der Waals surface area contributed by atoms with Crippen molar-refractivity contribution in [2.24, 2.45) is 5.92 Å². The first kappa shape index (κ1) is 15.3. The highest BCUT2D eigenvalue weighted by molar-refractivity contribution is 6.30. The highest BCUT2D eigenvalue weighted by Gasteiger charge is 2.21. The molecular formula is C14H21ClN2O3. The van der Waals surface area contributed by atoms with Gasteiger partial charge in [0, 0.05) is 19.8 Å². The fourth-order valence-electron chi connectivity index (χ4n) is 2.12. The van der Waals surface area contributed by atoms with Gasteiger partial charge >= 0.3 is 5.69 Å². The van der Waals surface area contributed by atoms with E-state index in [1.165, 1.54) is 17.4 Å². The Hall–Kier alpha value is -1.07. The molecule has 0 bridgehead atoms. The van der Waals surface area contributed by atoms with Crippen molar-refractivity contribution in [1.29, 1.82) is 0 Å². The molecule has 112 valence electrons. The van der Waals surface area contributed by atoms with E-state index < -0.39 is 5.69 Å². The van der Waals surface area contributed by atoms with Crippen LogP contribution in [0.5, 0.6) is 0 Å². The van der Waals surface area contributed by atoms with E-state index in [1.807, 2.05) is 13.8 Å². The normalized spacial score (nSPS) is 15.0. The van der Waals surface area contributed by atoms with Crippen molar-refractivity contribution < 1.29 is 4.74 Å². The molecule has 0 amide bonds. The lowest BCUT2D eigenvalue weighted by Crippen LogP contribution is -2.38. The van der Waals surface area contributed by atoms with Crippen LogP contribution in [0.15, 0.2) is 9.59 Å². The van der Waals surface area contributed by atoms with Crippen LogP contribution in [0.2, 0.25) is 5.15 Å². The minimum Gasteiger partial charge on any atom is -0.381 e. The maximum Gasteiger partial charge on any atom is 0.329 e. The summed E-state index contributed by atoms with van der Waals surface area (Å²) in [6.45, 7) is 5.48. The van der Waals surface area contributed by atoms with Gasteiger partial charge in [-0.05, 0) is 31.1 Å². The fraction of sp³-hybridized carbons (Fsp3) is 0.714. The summed E-state index contributed by atoms with van der Waals surface area (Å²) in [6, 6.07) is 0. The third kappa shape index (κ3) is 3.73. The summed E-state index contributed by atoms with van der Waals surface area (Å²) in [5.41, 5.74) is -0.285. The van der Waals surface area contributed by atoms with Crippen LogP contribution in [-0.4, -0.2) is 22.8 Å². The van der Waals surface area contributed by atoms with E-state index >= 15 is 0 Å². The molecule has 1 aromatic heterocycles. The van der Waals surface area contributed by atoms with E-state index in [0.717, 1.165) is 12.5 Å². The van der Waals surface area contributed by atoms with Gasteiger partial charge in [0.25, 0.3) is 5.56 Å². The van der Waals surface area contributed by atoms with Gasteiger partial charge in [0.15, 0.2) is 0 Å². The minimum atomic E-state index is -0.452. The molecule has 5 nitrogen and oxygen atoms in total. The molecule has 0 unspecified atom stereocenters. The van der Waals surface area contributed by atoms with Gasteiger partial charge in [0.05, 0.1) is 5.56 Å². The van der Waals surface area contributed by atoms with Crippen LogP contribution >= 0.6 is 11.6 Å². The highest BCUT2D eigenvalue weighted by atomic mass is 35.5. The first-order valence-corrected chi connectivity index (χ1v) is 7.48. The Labute approximate surface area is 122 Å². The second-order valence-corrected chi connectivity index (χ2v) is 6.02. The van der Waals surface area contributed by atoms with E-state index in [4.69, 9.17) is 16.3 Å². The van der Waals surface area contributed by atoms with Gasteiger partial charge in [-0.15, -0.1) is 0 Å². The quantitative estimate of drug-likeness (QED) is 0.620. The second-order valence-electron chi connectivity index (χ2n) is 5.64. The predicted molar refractivity (Wildman–Crippen MR) is 78.6 cm³/mol. The summed E-state index contributed by atoms with van der Waals surface area (Å²) in [5.74, 6) is 0.702. The lowest BCUT2D eigenvalue weighted by Gasteiger charge is -2.11. The number of hydrogen-bond acceptors (Lipinski definition) is 3.